The summed E-state index contributed by atoms with van der Waals surface area (Å²) in [6, 6.07) is 17.7. The lowest BCUT2D eigenvalue weighted by Crippen LogP contribution is -2.25. The number of carbonyl (C=O) groups is 1. The van der Waals surface area contributed by atoms with Crippen molar-refractivity contribution >= 4 is 28.7 Å². The molecule has 0 unspecified atom stereocenters. The van der Waals surface area contributed by atoms with E-state index in [9.17, 15) is 4.79 Å². The number of nitrogens with one attached hydrogen (secondary N) is 2. The summed E-state index contributed by atoms with van der Waals surface area (Å²) in [5.41, 5.74) is 1.90. The maximum Gasteiger partial charge on any atom is 0.230 e. The lowest BCUT2D eigenvalue weighted by atomic mass is 10.3. The fraction of sp³-hybridized carbons (Fsp3) is 0.125. The largest absolute Gasteiger partial charge is 0.348 e. The fourth-order valence-corrected chi connectivity index (χ4v) is 2.74. The molecule has 1 aromatic heterocycles. The first-order valence-electron chi connectivity index (χ1n) is 6.69. The molecule has 2 aromatic carbocycles. The second kappa shape index (κ2) is 6.45. The van der Waals surface area contributed by atoms with E-state index in [2.05, 4.69) is 15.3 Å². The van der Waals surface area contributed by atoms with Crippen molar-refractivity contribution in [2.75, 3.05) is 5.75 Å². The summed E-state index contributed by atoms with van der Waals surface area (Å²) in [6.07, 6.45) is 0. The summed E-state index contributed by atoms with van der Waals surface area (Å²) in [7, 11) is 0. The van der Waals surface area contributed by atoms with Gasteiger partial charge >= 0.3 is 0 Å². The molecule has 106 valence electrons. The SMILES string of the molecule is O=C(CSc1ccccc1)NCc1nc2ccccc2[nH]1. The zero-order valence-corrected chi connectivity index (χ0v) is 12.2. The molecular formula is C16H15N3OS. The fourth-order valence-electron chi connectivity index (χ4n) is 1.99. The highest BCUT2D eigenvalue weighted by atomic mass is 32.2. The van der Waals surface area contributed by atoms with Crippen LogP contribution in [0.4, 0.5) is 0 Å². The maximum atomic E-state index is 11.8. The Morgan fingerprint density at radius 3 is 2.67 bits per heavy atom. The number of hydrogen-bond donors (Lipinski definition) is 2. The van der Waals surface area contributed by atoms with Crippen LogP contribution in [0, 0.1) is 0 Å². The van der Waals surface area contributed by atoms with E-state index < -0.39 is 0 Å². The van der Waals surface area contributed by atoms with Crippen LogP contribution in [-0.4, -0.2) is 21.6 Å². The molecule has 0 saturated carbocycles. The number of aromatic nitrogens is 2. The van der Waals surface area contributed by atoms with Gasteiger partial charge in [-0.05, 0) is 24.3 Å². The number of fused-ring (bicyclic) bond motifs is 1. The minimum absolute atomic E-state index is 0.00399. The third kappa shape index (κ3) is 3.64. The number of H-pyrrole nitrogens is 1. The Kier molecular flexibility index (Phi) is 4.21. The molecule has 3 aromatic rings. The zero-order chi connectivity index (χ0) is 14.5. The zero-order valence-electron chi connectivity index (χ0n) is 11.4. The number of thioether (sulfide) groups is 1. The smallest absolute Gasteiger partial charge is 0.230 e. The van der Waals surface area contributed by atoms with Crippen LogP contribution >= 0.6 is 11.8 Å². The monoisotopic (exact) mass is 297 g/mol. The highest BCUT2D eigenvalue weighted by molar-refractivity contribution is 8.00. The number of imidazole rings is 1. The van der Waals surface area contributed by atoms with E-state index in [4.69, 9.17) is 0 Å². The highest BCUT2D eigenvalue weighted by Crippen LogP contribution is 2.16. The van der Waals surface area contributed by atoms with Crippen molar-refractivity contribution in [1.29, 1.82) is 0 Å². The normalized spacial score (nSPS) is 10.7. The van der Waals surface area contributed by atoms with E-state index in [1.165, 1.54) is 11.8 Å². The quantitative estimate of drug-likeness (QED) is 0.712. The molecule has 21 heavy (non-hydrogen) atoms. The molecular weight excluding hydrogens is 282 g/mol. The Morgan fingerprint density at radius 1 is 1.10 bits per heavy atom. The molecule has 0 atom stereocenters. The van der Waals surface area contributed by atoms with Gasteiger partial charge in [-0.3, -0.25) is 4.79 Å². The lowest BCUT2D eigenvalue weighted by Gasteiger charge is -2.03. The number of rotatable bonds is 5. The predicted octanol–water partition coefficient (Wildman–Crippen LogP) is 2.97. The van der Waals surface area contributed by atoms with Crippen LogP contribution < -0.4 is 5.32 Å². The van der Waals surface area contributed by atoms with Crippen molar-refractivity contribution in [2.24, 2.45) is 0 Å². The van der Waals surface area contributed by atoms with Crippen LogP contribution in [0.15, 0.2) is 59.5 Å². The third-order valence-corrected chi connectivity index (χ3v) is 4.02. The number of para-hydroxylation sites is 2. The molecule has 1 heterocycles. The molecule has 1 amide bonds. The average molecular weight is 297 g/mol. The van der Waals surface area contributed by atoms with Crippen LogP contribution in [0.1, 0.15) is 5.82 Å². The lowest BCUT2D eigenvalue weighted by molar-refractivity contribution is -0.118. The summed E-state index contributed by atoms with van der Waals surface area (Å²) in [4.78, 5) is 20.5. The highest BCUT2D eigenvalue weighted by Gasteiger charge is 2.05. The predicted molar refractivity (Wildman–Crippen MR) is 85.1 cm³/mol. The number of hydrogen-bond acceptors (Lipinski definition) is 3. The van der Waals surface area contributed by atoms with E-state index in [0.29, 0.717) is 12.3 Å². The van der Waals surface area contributed by atoms with Crippen LogP contribution in [0.25, 0.3) is 11.0 Å². The average Bonchev–Trinajstić information content (AvgIpc) is 2.95. The van der Waals surface area contributed by atoms with Gasteiger partial charge in [0.25, 0.3) is 0 Å². The molecule has 2 N–H and O–H groups in total. The molecule has 0 saturated heterocycles. The molecule has 4 nitrogen and oxygen atoms in total. The van der Waals surface area contributed by atoms with Gasteiger partial charge in [0.1, 0.15) is 5.82 Å². The number of amides is 1. The van der Waals surface area contributed by atoms with Crippen molar-refractivity contribution < 1.29 is 4.79 Å². The van der Waals surface area contributed by atoms with Gasteiger partial charge in [-0.15, -0.1) is 11.8 Å². The van der Waals surface area contributed by atoms with E-state index in [0.717, 1.165) is 21.8 Å². The Balaban J connectivity index is 1.51. The standard InChI is InChI=1S/C16H15N3OS/c20-16(11-21-12-6-2-1-3-7-12)17-10-15-18-13-8-4-5-9-14(13)19-15/h1-9H,10-11H2,(H,17,20)(H,18,19). The van der Waals surface area contributed by atoms with Gasteiger partial charge in [0.05, 0.1) is 23.3 Å². The first kappa shape index (κ1) is 13.7. The first-order valence-corrected chi connectivity index (χ1v) is 7.68. The summed E-state index contributed by atoms with van der Waals surface area (Å²) >= 11 is 1.53. The molecule has 0 spiro atoms. The first-order chi connectivity index (χ1) is 10.3. The van der Waals surface area contributed by atoms with Gasteiger partial charge in [0, 0.05) is 4.90 Å². The van der Waals surface area contributed by atoms with Crippen molar-refractivity contribution in [3.8, 4) is 0 Å². The van der Waals surface area contributed by atoms with Crippen molar-refractivity contribution in [2.45, 2.75) is 11.4 Å². The molecule has 0 bridgehead atoms. The van der Waals surface area contributed by atoms with Gasteiger partial charge in [0.2, 0.25) is 5.91 Å². The van der Waals surface area contributed by atoms with Crippen molar-refractivity contribution in [3.63, 3.8) is 0 Å². The summed E-state index contributed by atoms with van der Waals surface area (Å²) < 4.78 is 0. The van der Waals surface area contributed by atoms with Crippen LogP contribution in [0.3, 0.4) is 0 Å². The van der Waals surface area contributed by atoms with Crippen LogP contribution in [-0.2, 0) is 11.3 Å². The van der Waals surface area contributed by atoms with Gasteiger partial charge in [-0.1, -0.05) is 30.3 Å². The van der Waals surface area contributed by atoms with Crippen LogP contribution in [0.2, 0.25) is 0 Å². The van der Waals surface area contributed by atoms with Crippen LogP contribution in [0.5, 0.6) is 0 Å². The molecule has 0 aliphatic rings. The molecule has 0 aliphatic heterocycles. The van der Waals surface area contributed by atoms with Gasteiger partial charge in [0.15, 0.2) is 0 Å². The second-order valence-corrected chi connectivity index (χ2v) is 5.63. The Bertz CT molecular complexity index is 706. The second-order valence-electron chi connectivity index (χ2n) is 4.58. The number of carbonyl (C=O) groups excluding carboxylic acids is 1. The summed E-state index contributed by atoms with van der Waals surface area (Å²) in [5.74, 6) is 1.18. The molecule has 0 radical (unpaired) electrons. The molecule has 3 rings (SSSR count). The van der Waals surface area contributed by atoms with Gasteiger partial charge in [-0.25, -0.2) is 4.98 Å². The molecule has 0 fully saturated rings. The number of nitrogens with zero attached hydrogens (tertiary/aromatic N) is 1. The Morgan fingerprint density at radius 2 is 1.86 bits per heavy atom. The van der Waals surface area contributed by atoms with E-state index in [-0.39, 0.29) is 5.91 Å². The molecule has 0 aliphatic carbocycles. The third-order valence-electron chi connectivity index (χ3n) is 3.00. The maximum absolute atomic E-state index is 11.8. The minimum atomic E-state index is 0.00399. The van der Waals surface area contributed by atoms with Gasteiger partial charge < -0.3 is 10.3 Å². The molecule has 5 heteroatoms. The Labute approximate surface area is 127 Å². The Hall–Kier alpha value is -2.27. The van der Waals surface area contributed by atoms with E-state index >= 15 is 0 Å². The van der Waals surface area contributed by atoms with Crippen molar-refractivity contribution in [3.05, 3.63) is 60.4 Å². The minimum Gasteiger partial charge on any atom is -0.348 e. The van der Waals surface area contributed by atoms with E-state index in [1.807, 2.05) is 54.6 Å². The van der Waals surface area contributed by atoms with Crippen molar-refractivity contribution in [1.82, 2.24) is 15.3 Å². The number of aromatic amines is 1. The topological polar surface area (TPSA) is 57.8 Å². The van der Waals surface area contributed by atoms with E-state index in [1.54, 1.807) is 0 Å². The summed E-state index contributed by atoms with van der Waals surface area (Å²) in [6.45, 7) is 0.420. The number of benzene rings is 2. The van der Waals surface area contributed by atoms with Gasteiger partial charge in [-0.2, -0.15) is 0 Å². The summed E-state index contributed by atoms with van der Waals surface area (Å²) in [5, 5.41) is 2.88.